The van der Waals surface area contributed by atoms with E-state index in [1.54, 1.807) is 6.92 Å². The minimum absolute atomic E-state index is 0.0137. The van der Waals surface area contributed by atoms with Gasteiger partial charge in [-0.2, -0.15) is 0 Å². The van der Waals surface area contributed by atoms with Crippen LogP contribution in [0.4, 0.5) is 0 Å². The molecule has 3 aromatic rings. The number of aliphatic hydroxyl groups is 1. The lowest BCUT2D eigenvalue weighted by Crippen LogP contribution is -2.33. The monoisotopic (exact) mass is 531 g/mol. The molecule has 8 nitrogen and oxygen atoms in total. The van der Waals surface area contributed by atoms with Gasteiger partial charge in [0.2, 0.25) is 0 Å². The lowest BCUT2D eigenvalue weighted by molar-refractivity contribution is -0.0421. The summed E-state index contributed by atoms with van der Waals surface area (Å²) in [5.41, 5.74) is 0.827. The number of benzene rings is 2. The summed E-state index contributed by atoms with van der Waals surface area (Å²) in [5.74, 6) is -0.0137. The predicted molar refractivity (Wildman–Crippen MR) is 138 cm³/mol. The molecule has 0 spiro atoms. The summed E-state index contributed by atoms with van der Waals surface area (Å²) in [6.45, 7) is 1.53. The number of ether oxygens (including phenoxy) is 1. The van der Waals surface area contributed by atoms with E-state index in [0.29, 0.717) is 5.56 Å². The molecule has 2 N–H and O–H groups in total. The summed E-state index contributed by atoms with van der Waals surface area (Å²) < 4.78 is 19.2. The summed E-state index contributed by atoms with van der Waals surface area (Å²) in [7, 11) is 0. The zero-order valence-electron chi connectivity index (χ0n) is 18.8. The number of nitrogens with one attached hydrogen (secondary N) is 1. The summed E-state index contributed by atoms with van der Waals surface area (Å²) in [6.07, 6.45) is -0.475. The van der Waals surface area contributed by atoms with Crippen LogP contribution in [0.3, 0.4) is 0 Å². The minimum Gasteiger partial charge on any atom is -0.691 e. The number of fused-ring (bicyclic) bond motifs is 3. The van der Waals surface area contributed by atoms with Crippen molar-refractivity contribution in [3.63, 3.8) is 0 Å². The standard InChI is InChI=1S/C24H25N2O6PS2/c1-14-11-26(24(29)25-23(14)28)22-10-20(21(12-27)31-22)32-33(34,35)30-13-19-17-8-4-2-6-15(17)16-7-3-5-9-18(16)19/h2-9,11,19-22,27H,10,12-13H2,1H3,(H,34,35)(H,25,28,29)/p-1/t20-,21+,22+/m0/s1. The number of hydrogen-bond donors (Lipinski definition) is 2. The number of aromatic amines is 1. The van der Waals surface area contributed by atoms with Crippen molar-refractivity contribution >= 4 is 29.7 Å². The highest BCUT2D eigenvalue weighted by Gasteiger charge is 2.38. The summed E-state index contributed by atoms with van der Waals surface area (Å²) >= 11 is 11.1. The van der Waals surface area contributed by atoms with Crippen LogP contribution in [0, 0.1) is 6.92 Å². The summed E-state index contributed by atoms with van der Waals surface area (Å²) in [6, 6.07) is 16.4. The number of hydrogen-bond acceptors (Lipinski definition) is 8. The highest BCUT2D eigenvalue weighted by atomic mass is 32.9. The molecule has 2 heterocycles. The molecular weight excluding hydrogens is 507 g/mol. The highest BCUT2D eigenvalue weighted by Crippen LogP contribution is 2.53. The summed E-state index contributed by atoms with van der Waals surface area (Å²) in [4.78, 5) is 26.2. The van der Waals surface area contributed by atoms with Gasteiger partial charge in [0.25, 0.3) is 5.56 Å². The van der Waals surface area contributed by atoms with Crippen molar-refractivity contribution in [2.24, 2.45) is 0 Å². The van der Waals surface area contributed by atoms with Crippen molar-refractivity contribution in [3.05, 3.63) is 92.3 Å². The first-order valence-corrected chi connectivity index (χ1v) is 14.8. The molecule has 5 rings (SSSR count). The second kappa shape index (κ2) is 9.78. The van der Waals surface area contributed by atoms with E-state index < -0.39 is 35.4 Å². The largest absolute Gasteiger partial charge is 0.691 e. The molecule has 1 unspecified atom stereocenters. The molecule has 184 valence electrons. The van der Waals surface area contributed by atoms with Gasteiger partial charge >= 0.3 is 5.69 Å². The van der Waals surface area contributed by atoms with Crippen LogP contribution in [0.1, 0.15) is 35.3 Å². The number of aliphatic hydroxyl groups excluding tert-OH is 1. The highest BCUT2D eigenvalue weighted by molar-refractivity contribution is 8.51. The number of H-pyrrole nitrogens is 1. The molecule has 0 saturated carbocycles. The smallest absolute Gasteiger partial charge is 0.330 e. The molecule has 11 heteroatoms. The lowest BCUT2D eigenvalue weighted by atomic mass is 9.98. The molecule has 1 aliphatic carbocycles. The van der Waals surface area contributed by atoms with Crippen LogP contribution in [-0.2, 0) is 37.8 Å². The van der Waals surface area contributed by atoms with Gasteiger partial charge in [-0.25, -0.2) is 4.79 Å². The van der Waals surface area contributed by atoms with Crippen LogP contribution in [0.25, 0.3) is 11.1 Å². The normalized spacial score (nSPS) is 23.1. The molecule has 1 aromatic heterocycles. The van der Waals surface area contributed by atoms with Gasteiger partial charge in [0.15, 0.2) is 0 Å². The van der Waals surface area contributed by atoms with Gasteiger partial charge in [-0.3, -0.25) is 14.3 Å². The van der Waals surface area contributed by atoms with E-state index in [0.717, 1.165) is 11.1 Å². The zero-order chi connectivity index (χ0) is 24.7. The summed E-state index contributed by atoms with van der Waals surface area (Å²) in [5, 5.41) is 9.84. The third kappa shape index (κ3) is 4.84. The predicted octanol–water partition coefficient (Wildman–Crippen LogP) is 3.11. The number of aryl methyl sites for hydroxylation is 1. The number of rotatable bonds is 7. The average molecular weight is 532 g/mol. The van der Waals surface area contributed by atoms with Crippen molar-refractivity contribution < 1.29 is 18.9 Å². The van der Waals surface area contributed by atoms with Gasteiger partial charge in [-0.1, -0.05) is 60.3 Å². The maximum Gasteiger partial charge on any atom is 0.330 e. The minimum atomic E-state index is -3.14. The molecule has 0 radical (unpaired) electrons. The Morgan fingerprint density at radius 3 is 2.43 bits per heavy atom. The first-order chi connectivity index (χ1) is 16.8. The van der Waals surface area contributed by atoms with E-state index in [1.165, 1.54) is 21.9 Å². The molecule has 0 bridgehead atoms. The zero-order valence-corrected chi connectivity index (χ0v) is 21.4. The van der Waals surface area contributed by atoms with E-state index in [-0.39, 0.29) is 25.6 Å². The molecular formula is C24H24N2O6PS2-. The van der Waals surface area contributed by atoms with E-state index in [2.05, 4.69) is 29.2 Å². The first-order valence-electron chi connectivity index (χ1n) is 11.2. The third-order valence-electron chi connectivity index (χ3n) is 6.44. The quantitative estimate of drug-likeness (QED) is 0.354. The maximum atomic E-state index is 12.3. The number of nitrogens with zero attached hydrogens (tertiary/aromatic N) is 1. The van der Waals surface area contributed by atoms with Gasteiger partial charge in [-0.05, 0) is 29.2 Å². The van der Waals surface area contributed by atoms with Crippen molar-refractivity contribution in [2.75, 3.05) is 13.2 Å². The first kappa shape index (κ1) is 24.6. The van der Waals surface area contributed by atoms with Crippen molar-refractivity contribution in [1.29, 1.82) is 0 Å². The molecule has 1 aliphatic heterocycles. The van der Waals surface area contributed by atoms with Gasteiger partial charge in [0, 0.05) is 24.1 Å². The number of aromatic nitrogens is 2. The van der Waals surface area contributed by atoms with Crippen LogP contribution >= 0.6 is 5.69 Å². The van der Waals surface area contributed by atoms with Crippen molar-refractivity contribution in [1.82, 2.24) is 9.55 Å². The topological polar surface area (TPSA) is 103 Å². The fraction of sp³-hybridized carbons (Fsp3) is 0.333. The van der Waals surface area contributed by atoms with E-state index in [9.17, 15) is 14.7 Å². The maximum absolute atomic E-state index is 12.3. The Balaban J connectivity index is 1.31. The molecule has 1 saturated heterocycles. The molecule has 35 heavy (non-hydrogen) atoms. The Morgan fingerprint density at radius 1 is 1.17 bits per heavy atom. The molecule has 1 fully saturated rings. The van der Waals surface area contributed by atoms with Crippen LogP contribution in [-0.4, -0.2) is 40.1 Å². The second-order valence-electron chi connectivity index (χ2n) is 8.64. The van der Waals surface area contributed by atoms with Crippen LogP contribution in [0.15, 0.2) is 64.3 Å². The molecule has 4 atom stereocenters. The molecule has 2 aromatic carbocycles. The van der Waals surface area contributed by atoms with Gasteiger partial charge in [0.05, 0.1) is 25.0 Å². The Bertz CT molecular complexity index is 1380. The van der Waals surface area contributed by atoms with E-state index in [1.807, 2.05) is 24.3 Å². The van der Waals surface area contributed by atoms with Gasteiger partial charge in [-0.15, -0.1) is 0 Å². The van der Waals surface area contributed by atoms with Gasteiger partial charge < -0.3 is 31.1 Å². The van der Waals surface area contributed by atoms with Crippen LogP contribution in [0.2, 0.25) is 0 Å². The van der Waals surface area contributed by atoms with Gasteiger partial charge in [0.1, 0.15) is 12.3 Å². The van der Waals surface area contributed by atoms with E-state index in [4.69, 9.17) is 37.8 Å². The third-order valence-corrected chi connectivity index (χ3v) is 8.59. The van der Waals surface area contributed by atoms with E-state index >= 15 is 0 Å². The van der Waals surface area contributed by atoms with Crippen molar-refractivity contribution in [2.45, 2.75) is 37.7 Å². The van der Waals surface area contributed by atoms with Crippen LogP contribution in [0.5, 0.6) is 0 Å². The Kier molecular flexibility index (Phi) is 6.89. The van der Waals surface area contributed by atoms with Crippen LogP contribution < -0.4 is 11.2 Å². The lowest BCUT2D eigenvalue weighted by Gasteiger charge is -2.33. The van der Waals surface area contributed by atoms with Crippen molar-refractivity contribution in [3.8, 4) is 11.1 Å². The Morgan fingerprint density at radius 2 is 1.80 bits per heavy atom. The Labute approximate surface area is 212 Å². The Hall–Kier alpha value is -2.04. The second-order valence-corrected chi connectivity index (χ2v) is 13.6. The fourth-order valence-corrected chi connectivity index (χ4v) is 6.72. The fourth-order valence-electron chi connectivity index (χ4n) is 4.75. The molecule has 0 amide bonds. The average Bonchev–Trinajstić information content (AvgIpc) is 3.38. The molecule has 2 aliphatic rings. The SMILES string of the molecule is Cc1cn([C@H]2C[C@H](OP(=S)([S-])OCC3c4ccccc4-c4ccccc43)[C@@H](CO)O2)c(=O)[nH]c1=O.